The van der Waals surface area contributed by atoms with Gasteiger partial charge in [0, 0.05) is 6.42 Å². The molecule has 0 unspecified atom stereocenters. The van der Waals surface area contributed by atoms with Crippen LogP contribution in [0.4, 0.5) is 0 Å². The standard InChI is InChI=1S/C12H20O7.C4H8O2/c1-4-17-9(13)7-12(16,11(15)19-6-3)8-10(14)18-5-2;1-2-3-4(5)6/h16H,4-8H2,1-3H3;2-3H2,1H3,(H,5,6). The molecule has 0 aromatic carbocycles. The number of aliphatic carboxylic acids is 1. The summed E-state index contributed by atoms with van der Waals surface area (Å²) in [6.07, 6.45) is -0.285. The number of carbonyl (C=O) groups excluding carboxylic acids is 3. The first-order valence-electron chi connectivity index (χ1n) is 8.09. The van der Waals surface area contributed by atoms with Crippen molar-refractivity contribution in [2.24, 2.45) is 0 Å². The number of esters is 3. The normalized spacial score (nSPS) is 10.1. The predicted octanol–water partition coefficient (Wildman–Crippen LogP) is 1.06. The Balaban J connectivity index is 0. The molecule has 0 aromatic heterocycles. The van der Waals surface area contributed by atoms with Crippen molar-refractivity contribution in [1.29, 1.82) is 0 Å². The van der Waals surface area contributed by atoms with E-state index < -0.39 is 42.3 Å². The Morgan fingerprint density at radius 1 is 0.800 bits per heavy atom. The fourth-order valence-electron chi connectivity index (χ4n) is 1.59. The third-order valence-electron chi connectivity index (χ3n) is 2.60. The van der Waals surface area contributed by atoms with Crippen molar-refractivity contribution < 1.29 is 43.6 Å². The van der Waals surface area contributed by atoms with Gasteiger partial charge >= 0.3 is 23.9 Å². The van der Waals surface area contributed by atoms with Crippen molar-refractivity contribution >= 4 is 23.9 Å². The number of carboxylic acids is 1. The van der Waals surface area contributed by atoms with Crippen LogP contribution in [0.3, 0.4) is 0 Å². The summed E-state index contributed by atoms with van der Waals surface area (Å²) in [5.74, 6) is -3.33. The van der Waals surface area contributed by atoms with Crippen LogP contribution < -0.4 is 0 Å². The lowest BCUT2D eigenvalue weighted by atomic mass is 9.95. The van der Waals surface area contributed by atoms with Crippen molar-refractivity contribution in [2.75, 3.05) is 19.8 Å². The molecule has 2 N–H and O–H groups in total. The molecule has 146 valence electrons. The number of carbonyl (C=O) groups is 4. The van der Waals surface area contributed by atoms with Crippen LogP contribution in [-0.4, -0.2) is 59.5 Å². The Morgan fingerprint density at radius 2 is 1.20 bits per heavy atom. The highest BCUT2D eigenvalue weighted by atomic mass is 16.6. The molecule has 0 saturated carbocycles. The fourth-order valence-corrected chi connectivity index (χ4v) is 1.59. The van der Waals surface area contributed by atoms with E-state index in [4.69, 9.17) is 5.11 Å². The Hall–Kier alpha value is -2.16. The van der Waals surface area contributed by atoms with E-state index in [9.17, 15) is 24.3 Å². The van der Waals surface area contributed by atoms with Crippen molar-refractivity contribution in [3.8, 4) is 0 Å². The number of carboxylic acid groups (broad SMARTS) is 1. The van der Waals surface area contributed by atoms with Gasteiger partial charge in [-0.1, -0.05) is 6.92 Å². The van der Waals surface area contributed by atoms with E-state index >= 15 is 0 Å². The Bertz CT molecular complexity index is 411. The molecule has 0 bridgehead atoms. The Labute approximate surface area is 147 Å². The second-order valence-corrected chi connectivity index (χ2v) is 4.86. The van der Waals surface area contributed by atoms with Gasteiger partial charge in [0.05, 0.1) is 32.7 Å². The lowest BCUT2D eigenvalue weighted by Gasteiger charge is -2.23. The zero-order chi connectivity index (χ0) is 19.9. The number of aliphatic hydroxyl groups is 1. The van der Waals surface area contributed by atoms with Gasteiger partial charge in [-0.25, -0.2) is 4.79 Å². The molecule has 0 rings (SSSR count). The molecule has 0 aliphatic rings. The molecule has 25 heavy (non-hydrogen) atoms. The van der Waals surface area contributed by atoms with Crippen molar-refractivity contribution in [1.82, 2.24) is 0 Å². The SMILES string of the molecule is CCCC(=O)O.CCOC(=O)CC(O)(CC(=O)OCC)C(=O)OCC. The predicted molar refractivity (Wildman–Crippen MR) is 86.6 cm³/mol. The summed E-state index contributed by atoms with van der Waals surface area (Å²) in [6.45, 7) is 6.81. The van der Waals surface area contributed by atoms with E-state index in [-0.39, 0.29) is 19.8 Å². The second-order valence-electron chi connectivity index (χ2n) is 4.86. The molecule has 0 aliphatic carbocycles. The maximum Gasteiger partial charge on any atom is 0.339 e. The molecule has 0 fully saturated rings. The maximum absolute atomic E-state index is 11.7. The molecule has 0 atom stereocenters. The lowest BCUT2D eigenvalue weighted by Crippen LogP contribution is -2.44. The fraction of sp³-hybridized carbons (Fsp3) is 0.750. The van der Waals surface area contributed by atoms with Gasteiger partial charge in [-0.3, -0.25) is 14.4 Å². The molecule has 0 heterocycles. The quantitative estimate of drug-likeness (QED) is 0.430. The van der Waals surface area contributed by atoms with Crippen LogP contribution in [0.25, 0.3) is 0 Å². The number of hydrogen-bond donors (Lipinski definition) is 2. The van der Waals surface area contributed by atoms with Crippen molar-refractivity contribution in [2.45, 2.75) is 59.0 Å². The van der Waals surface area contributed by atoms with Crippen LogP contribution in [0.5, 0.6) is 0 Å². The van der Waals surface area contributed by atoms with E-state index in [1.54, 1.807) is 20.8 Å². The van der Waals surface area contributed by atoms with Crippen LogP contribution >= 0.6 is 0 Å². The minimum absolute atomic E-state index is 0.0206. The van der Waals surface area contributed by atoms with Gasteiger partial charge in [-0.05, 0) is 27.2 Å². The van der Waals surface area contributed by atoms with Crippen LogP contribution in [0, 0.1) is 0 Å². The van der Waals surface area contributed by atoms with Gasteiger partial charge in [0.15, 0.2) is 5.60 Å². The summed E-state index contributed by atoms with van der Waals surface area (Å²) in [5.41, 5.74) is -2.26. The molecular formula is C16H28O9. The summed E-state index contributed by atoms with van der Waals surface area (Å²) in [7, 11) is 0. The molecule has 0 aliphatic heterocycles. The molecule has 0 saturated heterocycles. The zero-order valence-corrected chi connectivity index (χ0v) is 15.2. The third-order valence-corrected chi connectivity index (χ3v) is 2.60. The average Bonchev–Trinajstić information content (AvgIpc) is 2.48. The van der Waals surface area contributed by atoms with Gasteiger partial charge in [-0.2, -0.15) is 0 Å². The van der Waals surface area contributed by atoms with Crippen LogP contribution in [0.1, 0.15) is 53.4 Å². The first-order chi connectivity index (χ1) is 11.7. The second kappa shape index (κ2) is 14.2. The van der Waals surface area contributed by atoms with E-state index in [2.05, 4.69) is 14.2 Å². The Morgan fingerprint density at radius 3 is 1.44 bits per heavy atom. The molecule has 9 heteroatoms. The van der Waals surface area contributed by atoms with E-state index in [0.29, 0.717) is 6.42 Å². The van der Waals surface area contributed by atoms with Gasteiger partial charge in [0.2, 0.25) is 0 Å². The average molecular weight is 364 g/mol. The van der Waals surface area contributed by atoms with Gasteiger partial charge in [0.25, 0.3) is 0 Å². The molecule has 0 radical (unpaired) electrons. The summed E-state index contributed by atoms with van der Waals surface area (Å²) in [4.78, 5) is 44.0. The third kappa shape index (κ3) is 12.9. The summed E-state index contributed by atoms with van der Waals surface area (Å²) >= 11 is 0. The number of ether oxygens (including phenoxy) is 3. The Kier molecular flexibility index (Phi) is 14.3. The largest absolute Gasteiger partial charge is 0.481 e. The molecular weight excluding hydrogens is 336 g/mol. The van der Waals surface area contributed by atoms with Crippen molar-refractivity contribution in [3.63, 3.8) is 0 Å². The van der Waals surface area contributed by atoms with E-state index in [0.717, 1.165) is 6.42 Å². The van der Waals surface area contributed by atoms with Crippen LogP contribution in [0.2, 0.25) is 0 Å². The molecule has 0 spiro atoms. The topological polar surface area (TPSA) is 136 Å². The summed E-state index contributed by atoms with van der Waals surface area (Å²) < 4.78 is 14.0. The summed E-state index contributed by atoms with van der Waals surface area (Å²) in [6, 6.07) is 0. The number of rotatable bonds is 10. The van der Waals surface area contributed by atoms with Crippen LogP contribution in [-0.2, 0) is 33.4 Å². The van der Waals surface area contributed by atoms with E-state index in [1.807, 2.05) is 6.92 Å². The van der Waals surface area contributed by atoms with E-state index in [1.165, 1.54) is 0 Å². The zero-order valence-electron chi connectivity index (χ0n) is 15.2. The highest BCUT2D eigenvalue weighted by Crippen LogP contribution is 2.19. The van der Waals surface area contributed by atoms with Crippen LogP contribution in [0.15, 0.2) is 0 Å². The smallest absolute Gasteiger partial charge is 0.339 e. The monoisotopic (exact) mass is 364 g/mol. The first-order valence-corrected chi connectivity index (χ1v) is 8.09. The lowest BCUT2D eigenvalue weighted by molar-refractivity contribution is -0.177. The highest BCUT2D eigenvalue weighted by Gasteiger charge is 2.43. The van der Waals surface area contributed by atoms with Gasteiger partial charge in [-0.15, -0.1) is 0 Å². The van der Waals surface area contributed by atoms with Gasteiger partial charge in [0.1, 0.15) is 0 Å². The van der Waals surface area contributed by atoms with Gasteiger partial charge < -0.3 is 24.4 Å². The molecule has 9 nitrogen and oxygen atoms in total. The van der Waals surface area contributed by atoms with Crippen molar-refractivity contribution in [3.05, 3.63) is 0 Å². The summed E-state index contributed by atoms with van der Waals surface area (Å²) in [5, 5.41) is 18.0. The first kappa shape index (κ1) is 25.1. The number of hydrogen-bond acceptors (Lipinski definition) is 8. The minimum Gasteiger partial charge on any atom is -0.481 e. The highest BCUT2D eigenvalue weighted by molar-refractivity contribution is 5.90. The maximum atomic E-state index is 11.7. The minimum atomic E-state index is -2.26. The molecule has 0 aromatic rings. The molecule has 0 amide bonds.